The lowest BCUT2D eigenvalue weighted by molar-refractivity contribution is 0.483. The molecule has 0 fully saturated rings. The molecular weight excluding hydrogens is 366 g/mol. The van der Waals surface area contributed by atoms with Crippen molar-refractivity contribution < 1.29 is 13.0 Å². The molecule has 134 valence electrons. The number of hydrogen-bond acceptors (Lipinski definition) is 3. The third-order valence-corrected chi connectivity index (χ3v) is 3.79. The van der Waals surface area contributed by atoms with E-state index in [9.17, 15) is 8.42 Å². The lowest BCUT2D eigenvalue weighted by Gasteiger charge is -2.01. The molecule has 0 aliphatic rings. The van der Waals surface area contributed by atoms with E-state index in [2.05, 4.69) is 9.98 Å². The van der Waals surface area contributed by atoms with Crippen LogP contribution >= 0.6 is 11.6 Å². The van der Waals surface area contributed by atoms with Crippen molar-refractivity contribution in [2.75, 3.05) is 0 Å². The molecule has 0 aliphatic heterocycles. The maximum absolute atomic E-state index is 10.4. The Hall–Kier alpha value is -2.62. The van der Waals surface area contributed by atoms with Gasteiger partial charge in [0.05, 0.1) is 10.6 Å². The zero-order valence-corrected chi connectivity index (χ0v) is 14.9. The lowest BCUT2D eigenvalue weighted by atomic mass is 10.2. The Balaban J connectivity index is 0.000000271. The highest BCUT2D eigenvalue weighted by atomic mass is 35.5. The molecule has 2 aromatic rings. The van der Waals surface area contributed by atoms with Crippen molar-refractivity contribution in [2.45, 2.75) is 11.8 Å². The van der Waals surface area contributed by atoms with Gasteiger partial charge in [0.15, 0.2) is 5.96 Å². The van der Waals surface area contributed by atoms with Gasteiger partial charge in [-0.2, -0.15) is 13.4 Å². The molecular formula is C15H18ClN5O3S. The molecule has 2 aromatic carbocycles. The van der Waals surface area contributed by atoms with Gasteiger partial charge >= 0.3 is 0 Å². The maximum atomic E-state index is 10.4. The van der Waals surface area contributed by atoms with Gasteiger partial charge in [-0.15, -0.1) is 0 Å². The van der Waals surface area contributed by atoms with Crippen LogP contribution in [0.4, 0.5) is 5.69 Å². The van der Waals surface area contributed by atoms with Crippen molar-refractivity contribution in [2.24, 2.45) is 27.2 Å². The molecule has 0 radical (unpaired) electrons. The highest BCUT2D eigenvalue weighted by Gasteiger charge is 2.05. The van der Waals surface area contributed by atoms with Crippen molar-refractivity contribution in [1.29, 1.82) is 0 Å². The van der Waals surface area contributed by atoms with Crippen LogP contribution in [-0.2, 0) is 10.1 Å². The quantitative estimate of drug-likeness (QED) is 0.351. The summed E-state index contributed by atoms with van der Waals surface area (Å²) in [4.78, 5) is 7.55. The minimum atomic E-state index is -4.00. The van der Waals surface area contributed by atoms with Crippen LogP contribution in [0.3, 0.4) is 0 Å². The van der Waals surface area contributed by atoms with Crippen molar-refractivity contribution in [3.05, 3.63) is 59.1 Å². The molecule has 25 heavy (non-hydrogen) atoms. The summed E-state index contributed by atoms with van der Waals surface area (Å²) >= 11 is 5.81. The number of aryl methyl sites for hydroxylation is 1. The number of halogens is 1. The van der Waals surface area contributed by atoms with E-state index in [0.717, 1.165) is 5.56 Å². The third-order valence-electron chi connectivity index (χ3n) is 2.69. The molecule has 0 spiro atoms. The van der Waals surface area contributed by atoms with Crippen molar-refractivity contribution in [3.63, 3.8) is 0 Å². The second kappa shape index (κ2) is 9.02. The van der Waals surface area contributed by atoms with Crippen LogP contribution in [0.25, 0.3) is 0 Å². The number of guanidine groups is 2. The highest BCUT2D eigenvalue weighted by molar-refractivity contribution is 7.85. The SMILES string of the molecule is Cc1ccc(Cl)cc1N=C(N)N=C(N)N.O=S(=O)(O)c1ccccc1. The molecule has 0 saturated carbocycles. The molecule has 0 heterocycles. The summed E-state index contributed by atoms with van der Waals surface area (Å²) in [7, 11) is -4.00. The predicted molar refractivity (Wildman–Crippen MR) is 99.5 cm³/mol. The summed E-state index contributed by atoms with van der Waals surface area (Å²) in [5, 5.41) is 0.580. The predicted octanol–water partition coefficient (Wildman–Crippen LogP) is 1.80. The standard InChI is InChI=1S/C9H12ClN5.C6H6O3S/c1-5-2-3-6(10)4-7(5)14-9(13)15-8(11)12;7-10(8,9)6-4-2-1-3-5-6/h2-4H,1H3,(H6,11,12,13,14,15);1-5H,(H,7,8,9). The first-order chi connectivity index (χ1) is 11.6. The zero-order valence-electron chi connectivity index (χ0n) is 13.3. The first-order valence-electron chi connectivity index (χ1n) is 6.82. The monoisotopic (exact) mass is 383 g/mol. The van der Waals surface area contributed by atoms with E-state index >= 15 is 0 Å². The zero-order chi connectivity index (χ0) is 19.0. The average Bonchev–Trinajstić information content (AvgIpc) is 2.51. The largest absolute Gasteiger partial charge is 0.370 e. The fourth-order valence-corrected chi connectivity index (χ4v) is 2.24. The van der Waals surface area contributed by atoms with Gasteiger partial charge in [-0.1, -0.05) is 35.9 Å². The number of benzene rings is 2. The molecule has 0 amide bonds. The first-order valence-corrected chi connectivity index (χ1v) is 8.64. The van der Waals surface area contributed by atoms with E-state index < -0.39 is 10.1 Å². The van der Waals surface area contributed by atoms with Crippen LogP contribution in [0, 0.1) is 6.92 Å². The Kier molecular flexibility index (Phi) is 7.37. The van der Waals surface area contributed by atoms with Gasteiger partial charge < -0.3 is 17.2 Å². The van der Waals surface area contributed by atoms with Gasteiger partial charge in [0.2, 0.25) is 5.96 Å². The van der Waals surface area contributed by atoms with E-state index in [1.54, 1.807) is 30.3 Å². The van der Waals surface area contributed by atoms with Gasteiger partial charge in [-0.25, -0.2) is 4.99 Å². The Bertz CT molecular complexity index is 879. The van der Waals surface area contributed by atoms with Gasteiger partial charge in [-0.05, 0) is 36.8 Å². The molecule has 0 aromatic heterocycles. The van der Waals surface area contributed by atoms with E-state index in [-0.39, 0.29) is 16.8 Å². The number of rotatable bonds is 2. The number of nitrogens with zero attached hydrogens (tertiary/aromatic N) is 2. The van der Waals surface area contributed by atoms with Crippen molar-refractivity contribution in [3.8, 4) is 0 Å². The third kappa shape index (κ3) is 7.66. The summed E-state index contributed by atoms with van der Waals surface area (Å²) in [5.74, 6) is -0.128. The summed E-state index contributed by atoms with van der Waals surface area (Å²) < 4.78 is 29.2. The van der Waals surface area contributed by atoms with Crippen LogP contribution in [0.15, 0.2) is 63.4 Å². The topological polar surface area (TPSA) is 157 Å². The average molecular weight is 384 g/mol. The normalized spacial score (nSPS) is 11.2. The summed E-state index contributed by atoms with van der Waals surface area (Å²) in [6, 6.07) is 12.7. The van der Waals surface area contributed by atoms with Gasteiger partial charge in [-0.3, -0.25) is 4.55 Å². The van der Waals surface area contributed by atoms with E-state index in [0.29, 0.717) is 10.7 Å². The van der Waals surface area contributed by atoms with E-state index in [4.69, 9.17) is 33.4 Å². The van der Waals surface area contributed by atoms with E-state index in [1.807, 2.05) is 13.0 Å². The van der Waals surface area contributed by atoms with Crippen molar-refractivity contribution >= 4 is 39.3 Å². The number of nitrogens with two attached hydrogens (primary N) is 3. The smallest absolute Gasteiger partial charge is 0.294 e. The Morgan fingerprint density at radius 2 is 1.68 bits per heavy atom. The molecule has 8 nitrogen and oxygen atoms in total. The van der Waals surface area contributed by atoms with Crippen LogP contribution in [0.1, 0.15) is 5.56 Å². The van der Waals surface area contributed by atoms with Crippen LogP contribution < -0.4 is 17.2 Å². The minimum absolute atomic E-state index is 0.000340. The first kappa shape index (κ1) is 20.4. The molecule has 0 atom stereocenters. The summed E-state index contributed by atoms with van der Waals surface area (Å²) in [6.07, 6.45) is 0. The molecule has 10 heteroatoms. The Labute approximate surface area is 150 Å². The fourth-order valence-electron chi connectivity index (χ4n) is 1.58. The molecule has 2 rings (SSSR count). The molecule has 7 N–H and O–H groups in total. The second-order valence-electron chi connectivity index (χ2n) is 4.73. The summed E-state index contributed by atoms with van der Waals surface area (Å²) in [6.45, 7) is 1.89. The molecule has 0 unspecified atom stereocenters. The maximum Gasteiger partial charge on any atom is 0.294 e. The summed E-state index contributed by atoms with van der Waals surface area (Å²) in [5.41, 5.74) is 17.4. The van der Waals surface area contributed by atoms with E-state index in [1.165, 1.54) is 12.1 Å². The number of hydrogen-bond donors (Lipinski definition) is 4. The highest BCUT2D eigenvalue weighted by Crippen LogP contribution is 2.22. The minimum Gasteiger partial charge on any atom is -0.370 e. The van der Waals surface area contributed by atoms with Gasteiger partial charge in [0, 0.05) is 5.02 Å². The Morgan fingerprint density at radius 1 is 1.08 bits per heavy atom. The molecule has 0 aliphatic carbocycles. The van der Waals surface area contributed by atoms with Gasteiger partial charge in [0.1, 0.15) is 0 Å². The fraction of sp³-hybridized carbons (Fsp3) is 0.0667. The Morgan fingerprint density at radius 3 is 2.16 bits per heavy atom. The van der Waals surface area contributed by atoms with Crippen LogP contribution in [0.5, 0.6) is 0 Å². The van der Waals surface area contributed by atoms with Crippen LogP contribution in [-0.4, -0.2) is 24.9 Å². The van der Waals surface area contributed by atoms with Crippen LogP contribution in [0.2, 0.25) is 5.02 Å². The lowest BCUT2D eigenvalue weighted by Crippen LogP contribution is -2.26. The second-order valence-corrected chi connectivity index (χ2v) is 6.58. The molecule has 0 bridgehead atoms. The molecule has 0 saturated heterocycles. The van der Waals surface area contributed by atoms with Gasteiger partial charge in [0.25, 0.3) is 10.1 Å². The van der Waals surface area contributed by atoms with Crippen molar-refractivity contribution in [1.82, 2.24) is 0 Å². The number of aliphatic imine (C=N–C) groups is 2.